The molecule has 0 radical (unpaired) electrons. The average Bonchev–Trinajstić information content (AvgIpc) is 3.57. The molecule has 0 aliphatic carbocycles. The van der Waals surface area contributed by atoms with E-state index in [4.69, 9.17) is 53.8 Å². The van der Waals surface area contributed by atoms with Crippen molar-refractivity contribution in [3.05, 3.63) is 74.2 Å². The molecule has 2 fully saturated rings. The van der Waals surface area contributed by atoms with Gasteiger partial charge in [0.15, 0.2) is 12.5 Å². The standard InChI is InChI=1S/C26H28Cl3N5O9/c1-40-24(35)18-7-6-17(34(38)39)14-19(18)20-21-22(23(41-20)30-26(36)31-33(37)13-10-29)43-25(42-21)15-2-4-16(5-3-15)32(11-8-27)12-9-28/h2-7,14,20-23,25H,8-13H2,1H3,(H-,30,31,36,37)/p+1/t20-,21?,22?,23?,25?/m1/s1. The summed E-state index contributed by atoms with van der Waals surface area (Å²) in [5, 5.41) is 14.1. The second kappa shape index (κ2) is 14.9. The Labute approximate surface area is 261 Å². The van der Waals surface area contributed by atoms with Gasteiger partial charge in [0.2, 0.25) is 6.54 Å². The van der Waals surface area contributed by atoms with E-state index < -0.39 is 47.8 Å². The van der Waals surface area contributed by atoms with Crippen LogP contribution in [0, 0.1) is 15.0 Å². The van der Waals surface area contributed by atoms with Crippen LogP contribution in [0.4, 0.5) is 16.2 Å². The van der Waals surface area contributed by atoms with Gasteiger partial charge >= 0.3 is 12.0 Å². The number of hydrogen-bond donors (Lipinski definition) is 2. The van der Waals surface area contributed by atoms with Crippen LogP contribution in [-0.4, -0.2) is 84.6 Å². The Morgan fingerprint density at radius 3 is 2.26 bits per heavy atom. The maximum absolute atomic E-state index is 12.6. The average molecular weight is 662 g/mol. The summed E-state index contributed by atoms with van der Waals surface area (Å²) in [6.45, 7) is 1.02. The zero-order valence-electron chi connectivity index (χ0n) is 22.8. The fraction of sp³-hybridized carbons (Fsp3) is 0.462. The van der Waals surface area contributed by atoms with Crippen LogP contribution in [0.25, 0.3) is 0 Å². The molecule has 4 unspecified atom stereocenters. The number of nitrogens with one attached hydrogen (secondary N) is 2. The van der Waals surface area contributed by atoms with E-state index in [1.165, 1.54) is 25.3 Å². The lowest BCUT2D eigenvalue weighted by Crippen LogP contribution is -2.50. The molecule has 2 heterocycles. The number of nitrogens with zero attached hydrogens (tertiary/aromatic N) is 3. The zero-order valence-corrected chi connectivity index (χ0v) is 25.1. The third kappa shape index (κ3) is 7.63. The molecule has 2 aromatic carbocycles. The molecule has 0 aromatic heterocycles. The van der Waals surface area contributed by atoms with Gasteiger partial charge in [0, 0.05) is 53.8 Å². The molecule has 0 bridgehead atoms. The normalized spacial score (nSPS) is 22.5. The van der Waals surface area contributed by atoms with Gasteiger partial charge in [-0.1, -0.05) is 17.6 Å². The molecule has 17 heteroatoms. The van der Waals surface area contributed by atoms with E-state index in [1.807, 2.05) is 17.0 Å². The molecule has 0 spiro atoms. The number of esters is 1. The van der Waals surface area contributed by atoms with Gasteiger partial charge in [0.1, 0.15) is 23.2 Å². The molecule has 2 N–H and O–H groups in total. The number of carbonyl (C=O) groups excluding carboxylic acids is 2. The molecule has 4 rings (SSSR count). The molecule has 2 saturated heterocycles. The van der Waals surface area contributed by atoms with E-state index in [9.17, 15) is 24.6 Å². The van der Waals surface area contributed by atoms with Gasteiger partial charge in [0.25, 0.3) is 5.69 Å². The van der Waals surface area contributed by atoms with Crippen molar-refractivity contribution in [3.63, 3.8) is 0 Å². The first-order chi connectivity index (χ1) is 20.7. The smallest absolute Gasteiger partial charge is 0.373 e. The Balaban J connectivity index is 1.65. The molecule has 2 aliphatic heterocycles. The van der Waals surface area contributed by atoms with Crippen molar-refractivity contribution in [2.24, 2.45) is 0 Å². The first-order valence-corrected chi connectivity index (χ1v) is 14.7. The van der Waals surface area contributed by atoms with E-state index in [1.54, 1.807) is 12.1 Å². The largest absolute Gasteiger partial charge is 0.465 e. The number of amides is 2. The summed E-state index contributed by atoms with van der Waals surface area (Å²) >= 11 is 17.4. The second-order valence-corrected chi connectivity index (χ2v) is 10.5. The predicted octanol–water partition coefficient (Wildman–Crippen LogP) is 3.78. The van der Waals surface area contributed by atoms with Crippen molar-refractivity contribution >= 4 is 58.2 Å². The van der Waals surface area contributed by atoms with Crippen molar-refractivity contribution in [3.8, 4) is 0 Å². The summed E-state index contributed by atoms with van der Waals surface area (Å²) in [5.41, 5.74) is 3.40. The van der Waals surface area contributed by atoms with Gasteiger partial charge in [-0.15, -0.1) is 34.8 Å². The topological polar surface area (TPSA) is 162 Å². The van der Waals surface area contributed by atoms with Crippen LogP contribution in [0.5, 0.6) is 0 Å². The molecule has 0 saturated carbocycles. The molecule has 2 aliphatic rings. The van der Waals surface area contributed by atoms with Crippen molar-refractivity contribution in [2.45, 2.75) is 30.8 Å². The van der Waals surface area contributed by atoms with E-state index in [2.05, 4.69) is 10.7 Å². The summed E-state index contributed by atoms with van der Waals surface area (Å²) in [6.07, 6.45) is -5.10. The van der Waals surface area contributed by atoms with Gasteiger partial charge in [-0.2, -0.15) is 0 Å². The Morgan fingerprint density at radius 2 is 1.65 bits per heavy atom. The van der Waals surface area contributed by atoms with Crippen LogP contribution in [-0.2, 0) is 18.9 Å². The van der Waals surface area contributed by atoms with Crippen LogP contribution in [0.3, 0.4) is 0 Å². The monoisotopic (exact) mass is 660 g/mol. The zero-order chi connectivity index (χ0) is 31.1. The van der Waals surface area contributed by atoms with Crippen LogP contribution < -0.4 is 15.6 Å². The molecule has 232 valence electrons. The van der Waals surface area contributed by atoms with E-state index in [-0.39, 0.29) is 34.1 Å². The number of methoxy groups -OCH3 is 1. The van der Waals surface area contributed by atoms with E-state index in [0.717, 1.165) is 5.69 Å². The third-order valence-corrected chi connectivity index (χ3v) is 7.27. The number of halogens is 3. The highest BCUT2D eigenvalue weighted by molar-refractivity contribution is 6.18. The highest BCUT2D eigenvalue weighted by atomic mass is 35.5. The van der Waals surface area contributed by atoms with Crippen LogP contribution >= 0.6 is 34.8 Å². The maximum atomic E-state index is 12.6. The minimum Gasteiger partial charge on any atom is -0.465 e. The Kier molecular flexibility index (Phi) is 11.3. The Morgan fingerprint density at radius 1 is 0.977 bits per heavy atom. The number of hydrogen-bond acceptors (Lipinski definition) is 10. The van der Waals surface area contributed by atoms with Gasteiger partial charge in [-0.05, 0) is 18.2 Å². The van der Waals surface area contributed by atoms with Crippen molar-refractivity contribution in [1.82, 2.24) is 10.7 Å². The van der Waals surface area contributed by atoms with Crippen LogP contribution in [0.15, 0.2) is 42.5 Å². The maximum Gasteiger partial charge on any atom is 0.373 e. The SMILES string of the molecule is COC(=O)c1ccc([N+](=O)[O-])cc1[C@H]1OC(NC(=O)N[N+](=O)CCCl)C2OC(c3ccc(N(CCCl)CCCl)cc3)OC21. The summed E-state index contributed by atoms with van der Waals surface area (Å²) in [5.74, 6) is 0.0572. The lowest BCUT2D eigenvalue weighted by atomic mass is 9.97. The van der Waals surface area contributed by atoms with Gasteiger partial charge in [0.05, 0.1) is 28.4 Å². The number of nitroso groups, excluding NO2 is 1. The number of fused-ring (bicyclic) bond motifs is 1. The number of hydrazine groups is 1. The third-order valence-electron chi connectivity index (χ3n) is 6.76. The van der Waals surface area contributed by atoms with Gasteiger partial charge in [-0.3, -0.25) is 10.1 Å². The fourth-order valence-electron chi connectivity index (χ4n) is 4.81. The van der Waals surface area contributed by atoms with Crippen molar-refractivity contribution in [2.75, 3.05) is 49.3 Å². The molecule has 2 aromatic rings. The summed E-state index contributed by atoms with van der Waals surface area (Å²) in [6, 6.07) is 10.0. The molecule has 43 heavy (non-hydrogen) atoms. The quantitative estimate of drug-likeness (QED) is 0.106. The minimum atomic E-state index is -1.18. The van der Waals surface area contributed by atoms with E-state index >= 15 is 0 Å². The number of anilines is 1. The highest BCUT2D eigenvalue weighted by Crippen LogP contribution is 2.47. The summed E-state index contributed by atoms with van der Waals surface area (Å²) in [7, 11) is 1.17. The van der Waals surface area contributed by atoms with Crippen LogP contribution in [0.2, 0.25) is 0 Å². The van der Waals surface area contributed by atoms with E-state index in [0.29, 0.717) is 30.4 Å². The molecule has 2 amide bonds. The van der Waals surface area contributed by atoms with Crippen molar-refractivity contribution < 1.29 is 38.3 Å². The number of nitro groups is 1. The fourth-order valence-corrected chi connectivity index (χ4v) is 5.38. The molecule has 14 nitrogen and oxygen atoms in total. The summed E-state index contributed by atoms with van der Waals surface area (Å²) in [4.78, 5) is 50.2. The summed E-state index contributed by atoms with van der Waals surface area (Å²) < 4.78 is 23.4. The number of alkyl halides is 3. The minimum absolute atomic E-state index is 0.00451. The number of nitro benzene ring substituents is 1. The Bertz CT molecular complexity index is 1330. The van der Waals surface area contributed by atoms with Crippen molar-refractivity contribution in [1.29, 1.82) is 0 Å². The molecular formula is C26H29Cl3N5O9+. The highest BCUT2D eigenvalue weighted by Gasteiger charge is 2.55. The van der Waals surface area contributed by atoms with Gasteiger partial charge in [-0.25, -0.2) is 9.59 Å². The lowest BCUT2D eigenvalue weighted by molar-refractivity contribution is -0.588. The van der Waals surface area contributed by atoms with Crippen LogP contribution in [0.1, 0.15) is 33.9 Å². The Hall–Kier alpha value is -3.27. The first-order valence-electron chi connectivity index (χ1n) is 13.1. The molecular weight excluding hydrogens is 633 g/mol. The first kappa shape index (κ1) is 32.6. The number of benzene rings is 2. The number of ether oxygens (including phenoxy) is 4. The number of non-ortho nitro benzene ring substituents is 1. The van der Waals surface area contributed by atoms with Gasteiger partial charge < -0.3 is 29.2 Å². The second-order valence-electron chi connectivity index (χ2n) is 9.36. The predicted molar refractivity (Wildman–Crippen MR) is 156 cm³/mol. The number of carbonyl (C=O) groups is 2. The molecule has 5 atom stereocenters. The number of urea groups is 1. The number of rotatable bonds is 13. The lowest BCUT2D eigenvalue weighted by Gasteiger charge is -2.24.